The smallest absolute Gasteiger partial charge is 0.349 e. The molecule has 1 heterocycles. The van der Waals surface area contributed by atoms with E-state index in [0.717, 1.165) is 28.4 Å². The minimum atomic E-state index is -0.888. The third kappa shape index (κ3) is 6.16. The van der Waals surface area contributed by atoms with Crippen molar-refractivity contribution in [3.8, 4) is 23.6 Å². The fourth-order valence-corrected chi connectivity index (χ4v) is 3.56. The van der Waals surface area contributed by atoms with E-state index in [4.69, 9.17) is 14.7 Å². The van der Waals surface area contributed by atoms with Gasteiger partial charge < -0.3 is 19.4 Å². The van der Waals surface area contributed by atoms with E-state index in [-0.39, 0.29) is 12.0 Å². The third-order valence-electron chi connectivity index (χ3n) is 5.30. The van der Waals surface area contributed by atoms with Gasteiger partial charge in [0.1, 0.15) is 17.4 Å². The molecule has 3 aromatic rings. The van der Waals surface area contributed by atoms with Crippen LogP contribution in [0.2, 0.25) is 0 Å². The van der Waals surface area contributed by atoms with Gasteiger partial charge >= 0.3 is 5.97 Å². The standard InChI is InChI=1S/C27H24N4O4/c1-18-14-21(19(2)31(18)24-8-10-25(34-3)11-9-24)15-22(16-29)27(33)35-17-26(32)30-23-6-4-20(5-7-23)12-13-28/h4-11,14-15H,12,17H2,1-3H3,(H,30,32)/b22-15+. The second kappa shape index (κ2) is 11.4. The molecule has 1 amide bonds. The van der Waals surface area contributed by atoms with Gasteiger partial charge in [0.2, 0.25) is 0 Å². The molecule has 176 valence electrons. The van der Waals surface area contributed by atoms with E-state index in [1.807, 2.05) is 60.9 Å². The van der Waals surface area contributed by atoms with E-state index in [0.29, 0.717) is 11.3 Å². The highest BCUT2D eigenvalue weighted by atomic mass is 16.5. The van der Waals surface area contributed by atoms with Gasteiger partial charge in [0.05, 0.1) is 19.6 Å². The van der Waals surface area contributed by atoms with Gasteiger partial charge in [-0.2, -0.15) is 10.5 Å². The van der Waals surface area contributed by atoms with Crippen molar-refractivity contribution >= 4 is 23.6 Å². The molecule has 8 heteroatoms. The lowest BCUT2D eigenvalue weighted by Gasteiger charge is -2.10. The van der Waals surface area contributed by atoms with E-state index in [1.54, 1.807) is 31.4 Å². The number of nitrogens with one attached hydrogen (secondary N) is 1. The Labute approximate surface area is 203 Å². The summed E-state index contributed by atoms with van der Waals surface area (Å²) in [5, 5.41) is 20.8. The number of rotatable bonds is 8. The van der Waals surface area contributed by atoms with Crippen molar-refractivity contribution in [1.82, 2.24) is 4.57 Å². The van der Waals surface area contributed by atoms with Crippen molar-refractivity contribution in [3.63, 3.8) is 0 Å². The van der Waals surface area contributed by atoms with Crippen molar-refractivity contribution in [2.75, 3.05) is 19.0 Å². The molecule has 0 aliphatic heterocycles. The summed E-state index contributed by atoms with van der Waals surface area (Å²) in [6.07, 6.45) is 1.73. The fourth-order valence-electron chi connectivity index (χ4n) is 3.56. The summed E-state index contributed by atoms with van der Waals surface area (Å²) in [5.41, 5.74) is 4.48. The van der Waals surface area contributed by atoms with Crippen LogP contribution >= 0.6 is 0 Å². The Morgan fingerprint density at radius 3 is 2.34 bits per heavy atom. The first-order valence-electron chi connectivity index (χ1n) is 10.7. The highest BCUT2D eigenvalue weighted by Gasteiger charge is 2.16. The first-order chi connectivity index (χ1) is 16.9. The number of amides is 1. The van der Waals surface area contributed by atoms with Crippen molar-refractivity contribution in [3.05, 3.63) is 82.7 Å². The number of carbonyl (C=O) groups is 2. The molecule has 0 saturated carbocycles. The second-order valence-corrected chi connectivity index (χ2v) is 7.69. The van der Waals surface area contributed by atoms with Crippen LogP contribution in [0.4, 0.5) is 5.69 Å². The zero-order chi connectivity index (χ0) is 25.4. The van der Waals surface area contributed by atoms with E-state index in [1.165, 1.54) is 6.08 Å². The Hall–Kier alpha value is -4.82. The molecular weight excluding hydrogens is 444 g/mol. The molecule has 0 unspecified atom stereocenters. The van der Waals surface area contributed by atoms with Crippen LogP contribution in [0.1, 0.15) is 22.5 Å². The first kappa shape index (κ1) is 24.8. The van der Waals surface area contributed by atoms with Gasteiger partial charge in [-0.25, -0.2) is 4.79 Å². The van der Waals surface area contributed by atoms with Crippen LogP contribution in [0, 0.1) is 36.5 Å². The largest absolute Gasteiger partial charge is 0.497 e. The number of carbonyl (C=O) groups excluding carboxylic acids is 2. The average Bonchev–Trinajstić information content (AvgIpc) is 3.14. The fraction of sp³-hybridized carbons (Fsp3) is 0.185. The molecular formula is C27H24N4O4. The number of aryl methyl sites for hydroxylation is 1. The molecule has 0 bridgehead atoms. The second-order valence-electron chi connectivity index (χ2n) is 7.69. The van der Waals surface area contributed by atoms with E-state index >= 15 is 0 Å². The lowest BCUT2D eigenvalue weighted by atomic mass is 10.1. The van der Waals surface area contributed by atoms with E-state index in [2.05, 4.69) is 5.32 Å². The number of aromatic nitrogens is 1. The maximum atomic E-state index is 12.5. The van der Waals surface area contributed by atoms with Crippen LogP contribution in [0.5, 0.6) is 5.75 Å². The Balaban J connectivity index is 1.68. The number of hydrogen-bond acceptors (Lipinski definition) is 6. The summed E-state index contributed by atoms with van der Waals surface area (Å²) < 4.78 is 12.3. The number of nitriles is 2. The number of ether oxygens (including phenoxy) is 2. The predicted octanol–water partition coefficient (Wildman–Crippen LogP) is 4.26. The Bertz CT molecular complexity index is 1340. The molecule has 0 radical (unpaired) electrons. The molecule has 3 rings (SSSR count). The lowest BCUT2D eigenvalue weighted by Crippen LogP contribution is -2.21. The van der Waals surface area contributed by atoms with Gasteiger partial charge in [0.15, 0.2) is 6.61 Å². The van der Waals surface area contributed by atoms with Gasteiger partial charge in [-0.05, 0) is 73.5 Å². The zero-order valence-electron chi connectivity index (χ0n) is 19.7. The molecule has 0 spiro atoms. The number of methoxy groups -OCH3 is 1. The summed E-state index contributed by atoms with van der Waals surface area (Å²) in [6, 6.07) is 20.1. The van der Waals surface area contributed by atoms with Crippen molar-refractivity contribution < 1.29 is 19.1 Å². The minimum Gasteiger partial charge on any atom is -0.497 e. The van der Waals surface area contributed by atoms with Crippen molar-refractivity contribution in [2.24, 2.45) is 0 Å². The third-order valence-corrected chi connectivity index (χ3v) is 5.30. The van der Waals surface area contributed by atoms with Gasteiger partial charge in [-0.15, -0.1) is 0 Å². The summed E-state index contributed by atoms with van der Waals surface area (Å²) in [6.45, 7) is 3.28. The van der Waals surface area contributed by atoms with Crippen LogP contribution < -0.4 is 10.1 Å². The predicted molar refractivity (Wildman–Crippen MR) is 131 cm³/mol. The number of anilines is 1. The summed E-state index contributed by atoms with van der Waals surface area (Å²) in [5.74, 6) is -0.687. The number of hydrogen-bond donors (Lipinski definition) is 1. The van der Waals surface area contributed by atoms with E-state index < -0.39 is 18.5 Å². The number of esters is 1. The minimum absolute atomic E-state index is 0.214. The van der Waals surface area contributed by atoms with Crippen LogP contribution in [0.3, 0.4) is 0 Å². The molecule has 0 aliphatic carbocycles. The van der Waals surface area contributed by atoms with Crippen molar-refractivity contribution in [2.45, 2.75) is 20.3 Å². The molecule has 0 aliphatic rings. The van der Waals surface area contributed by atoms with Gasteiger partial charge in [0.25, 0.3) is 5.91 Å². The quantitative estimate of drug-likeness (QED) is 0.300. The normalized spacial score (nSPS) is 10.7. The Morgan fingerprint density at radius 2 is 1.74 bits per heavy atom. The molecule has 0 fully saturated rings. The van der Waals surface area contributed by atoms with Gasteiger partial charge in [-0.1, -0.05) is 12.1 Å². The molecule has 1 N–H and O–H groups in total. The SMILES string of the molecule is COc1ccc(-n2c(C)cc(/C=C(\C#N)C(=O)OCC(=O)Nc3ccc(CC#N)cc3)c2C)cc1. The van der Waals surface area contributed by atoms with Crippen LogP contribution in [-0.4, -0.2) is 30.2 Å². The van der Waals surface area contributed by atoms with Crippen molar-refractivity contribution in [1.29, 1.82) is 10.5 Å². The monoisotopic (exact) mass is 468 g/mol. The van der Waals surface area contributed by atoms with E-state index in [9.17, 15) is 14.9 Å². The molecule has 2 aromatic carbocycles. The highest BCUT2D eigenvalue weighted by Crippen LogP contribution is 2.24. The molecule has 1 aromatic heterocycles. The maximum Gasteiger partial charge on any atom is 0.349 e. The molecule has 35 heavy (non-hydrogen) atoms. The average molecular weight is 469 g/mol. The van der Waals surface area contributed by atoms with Crippen LogP contribution in [0.15, 0.2) is 60.2 Å². The zero-order valence-corrected chi connectivity index (χ0v) is 19.7. The van der Waals surface area contributed by atoms with Gasteiger partial charge in [-0.3, -0.25) is 4.79 Å². The Morgan fingerprint density at radius 1 is 1.06 bits per heavy atom. The molecule has 8 nitrogen and oxygen atoms in total. The van der Waals surface area contributed by atoms with Crippen LogP contribution in [-0.2, 0) is 20.7 Å². The van der Waals surface area contributed by atoms with Gasteiger partial charge in [0, 0.05) is 22.8 Å². The number of nitrogens with zero attached hydrogens (tertiary/aromatic N) is 3. The number of benzene rings is 2. The summed E-state index contributed by atoms with van der Waals surface area (Å²) in [4.78, 5) is 24.6. The highest BCUT2D eigenvalue weighted by molar-refractivity contribution is 6.00. The first-order valence-corrected chi connectivity index (χ1v) is 10.7. The molecule has 0 saturated heterocycles. The summed E-state index contributed by atoms with van der Waals surface area (Å²) >= 11 is 0. The molecule has 0 atom stereocenters. The Kier molecular flexibility index (Phi) is 8.05. The lowest BCUT2D eigenvalue weighted by molar-refractivity contribution is -0.142. The maximum absolute atomic E-state index is 12.5. The topological polar surface area (TPSA) is 117 Å². The van der Waals surface area contributed by atoms with Crippen LogP contribution in [0.25, 0.3) is 11.8 Å². The summed E-state index contributed by atoms with van der Waals surface area (Å²) in [7, 11) is 1.60.